The summed E-state index contributed by atoms with van der Waals surface area (Å²) in [6, 6.07) is 3.68. The van der Waals surface area contributed by atoms with Gasteiger partial charge in [0.05, 0.1) is 29.9 Å². The lowest BCUT2D eigenvalue weighted by atomic mass is 10.0. The number of methoxy groups -OCH3 is 1. The summed E-state index contributed by atoms with van der Waals surface area (Å²) in [4.78, 5) is 26.1. The van der Waals surface area contributed by atoms with Crippen LogP contribution in [0.4, 0.5) is 5.82 Å². The van der Waals surface area contributed by atoms with E-state index in [0.717, 1.165) is 29.8 Å². The number of Topliss-reactive ketones (excluding diaryl/α,β-unsaturated/α-hetero) is 1. The zero-order chi connectivity index (χ0) is 20.4. The normalized spacial score (nSPS) is 15.7. The van der Waals surface area contributed by atoms with Crippen LogP contribution in [0.3, 0.4) is 0 Å². The molecule has 2 aliphatic rings. The molecule has 6 rings (SSSR count). The van der Waals surface area contributed by atoms with E-state index in [1.165, 1.54) is 6.33 Å². The fourth-order valence-corrected chi connectivity index (χ4v) is 4.30. The van der Waals surface area contributed by atoms with Crippen LogP contribution in [0.2, 0.25) is 0 Å². The Morgan fingerprint density at radius 2 is 2.03 bits per heavy atom. The number of rotatable bonds is 3. The van der Waals surface area contributed by atoms with Gasteiger partial charge in [-0.1, -0.05) is 5.16 Å². The first kappa shape index (κ1) is 17.1. The van der Waals surface area contributed by atoms with Crippen molar-refractivity contribution >= 4 is 22.6 Å². The van der Waals surface area contributed by atoms with Crippen molar-refractivity contribution in [3.63, 3.8) is 0 Å². The first-order valence-electron chi connectivity index (χ1n) is 9.84. The number of ketones is 1. The quantitative estimate of drug-likeness (QED) is 0.555. The van der Waals surface area contributed by atoms with Gasteiger partial charge in [0.15, 0.2) is 17.2 Å². The molecular formula is C21H18N6O3. The molecule has 0 atom stereocenters. The lowest BCUT2D eigenvalue weighted by molar-refractivity contribution is 0.0982. The number of pyridine rings is 1. The average molecular weight is 402 g/mol. The highest BCUT2D eigenvalue weighted by molar-refractivity contribution is 6.11. The molecule has 1 saturated carbocycles. The van der Waals surface area contributed by atoms with Crippen LogP contribution < -0.4 is 10.5 Å². The molecule has 9 nitrogen and oxygen atoms in total. The molecule has 4 aromatic rings. The van der Waals surface area contributed by atoms with Gasteiger partial charge in [0, 0.05) is 29.7 Å². The van der Waals surface area contributed by atoms with Crippen molar-refractivity contribution in [2.45, 2.75) is 31.6 Å². The predicted octanol–water partition coefficient (Wildman–Crippen LogP) is 3.07. The summed E-state index contributed by atoms with van der Waals surface area (Å²) >= 11 is 0. The second kappa shape index (κ2) is 6.12. The van der Waals surface area contributed by atoms with Crippen molar-refractivity contribution in [3.05, 3.63) is 41.7 Å². The highest BCUT2D eigenvalue weighted by atomic mass is 16.5. The molecule has 0 unspecified atom stereocenters. The maximum Gasteiger partial charge on any atom is 0.213 e. The molecule has 30 heavy (non-hydrogen) atoms. The first-order valence-corrected chi connectivity index (χ1v) is 9.84. The second-order valence-electron chi connectivity index (χ2n) is 7.64. The van der Waals surface area contributed by atoms with Crippen LogP contribution in [0, 0.1) is 0 Å². The molecule has 0 aliphatic heterocycles. The van der Waals surface area contributed by atoms with Crippen LogP contribution in [-0.4, -0.2) is 37.6 Å². The van der Waals surface area contributed by atoms with Gasteiger partial charge in [0.25, 0.3) is 0 Å². The van der Waals surface area contributed by atoms with E-state index in [9.17, 15) is 4.79 Å². The molecule has 150 valence electrons. The molecule has 0 aromatic carbocycles. The fraction of sp³-hybridized carbons (Fsp3) is 0.286. The van der Waals surface area contributed by atoms with Gasteiger partial charge >= 0.3 is 0 Å². The summed E-state index contributed by atoms with van der Waals surface area (Å²) < 4.78 is 12.8. The molecule has 0 amide bonds. The van der Waals surface area contributed by atoms with Crippen molar-refractivity contribution < 1.29 is 14.1 Å². The Morgan fingerprint density at radius 3 is 2.77 bits per heavy atom. The van der Waals surface area contributed by atoms with Crippen LogP contribution >= 0.6 is 0 Å². The highest BCUT2D eigenvalue weighted by Gasteiger charge is 2.39. The number of fused-ring (bicyclic) bond motifs is 5. The summed E-state index contributed by atoms with van der Waals surface area (Å²) in [6.07, 6.45) is 6.07. The number of ether oxygens (including phenoxy) is 1. The third-order valence-electron chi connectivity index (χ3n) is 5.84. The third-order valence-corrected chi connectivity index (χ3v) is 5.84. The van der Waals surface area contributed by atoms with Gasteiger partial charge in [0.2, 0.25) is 5.88 Å². The molecule has 0 bridgehead atoms. The van der Waals surface area contributed by atoms with E-state index in [-0.39, 0.29) is 11.7 Å². The zero-order valence-electron chi connectivity index (χ0n) is 16.3. The van der Waals surface area contributed by atoms with Gasteiger partial charge in [0.1, 0.15) is 17.8 Å². The van der Waals surface area contributed by atoms with Crippen molar-refractivity contribution in [1.29, 1.82) is 0 Å². The number of carbonyl (C=O) groups excluding carboxylic acids is 1. The van der Waals surface area contributed by atoms with Crippen molar-refractivity contribution in [2.24, 2.45) is 0 Å². The van der Waals surface area contributed by atoms with Crippen LogP contribution in [0.15, 0.2) is 29.2 Å². The van der Waals surface area contributed by atoms with Crippen LogP contribution in [0.1, 0.15) is 47.0 Å². The minimum Gasteiger partial charge on any atom is -0.481 e. The Bertz CT molecular complexity index is 1320. The van der Waals surface area contributed by atoms with E-state index < -0.39 is 0 Å². The molecule has 4 aromatic heterocycles. The van der Waals surface area contributed by atoms with Crippen LogP contribution in [-0.2, 0) is 6.42 Å². The summed E-state index contributed by atoms with van der Waals surface area (Å²) in [5.41, 5.74) is 10.5. The number of nitrogen functional groups attached to an aromatic ring is 1. The van der Waals surface area contributed by atoms with Gasteiger partial charge in [-0.3, -0.25) is 9.36 Å². The number of hydrogen-bond donors (Lipinski definition) is 1. The van der Waals surface area contributed by atoms with E-state index in [0.29, 0.717) is 52.6 Å². The topological polar surface area (TPSA) is 122 Å². The molecule has 1 fully saturated rings. The molecule has 2 N–H and O–H groups in total. The number of anilines is 1. The van der Waals surface area contributed by atoms with E-state index in [4.69, 9.17) is 15.0 Å². The summed E-state index contributed by atoms with van der Waals surface area (Å²) in [7, 11) is 1.57. The SMILES string of the molecule is COc1ccc(-n2c3c(c4c(N)ncnc42)-c2noc(C4CC4)c2C(=O)CC3)cn1. The summed E-state index contributed by atoms with van der Waals surface area (Å²) in [5, 5.41) is 5.02. The van der Waals surface area contributed by atoms with E-state index in [1.54, 1.807) is 19.4 Å². The maximum absolute atomic E-state index is 13.0. The molecule has 2 aliphatic carbocycles. The predicted molar refractivity (Wildman–Crippen MR) is 108 cm³/mol. The minimum atomic E-state index is 0.0485. The first-order chi connectivity index (χ1) is 14.7. The van der Waals surface area contributed by atoms with Crippen molar-refractivity contribution in [3.8, 4) is 22.8 Å². The lowest BCUT2D eigenvalue weighted by Gasteiger charge is -2.10. The Balaban J connectivity index is 1.69. The van der Waals surface area contributed by atoms with Gasteiger partial charge in [-0.15, -0.1) is 0 Å². The van der Waals surface area contributed by atoms with E-state index >= 15 is 0 Å². The summed E-state index contributed by atoms with van der Waals surface area (Å²) in [5.74, 6) is 1.88. The lowest BCUT2D eigenvalue weighted by Crippen LogP contribution is -2.05. The molecule has 0 spiro atoms. The monoisotopic (exact) mass is 402 g/mol. The molecular weight excluding hydrogens is 384 g/mol. The van der Waals surface area contributed by atoms with Gasteiger partial charge in [-0.05, 0) is 25.3 Å². The van der Waals surface area contributed by atoms with Crippen molar-refractivity contribution in [1.82, 2.24) is 24.7 Å². The smallest absolute Gasteiger partial charge is 0.213 e. The van der Waals surface area contributed by atoms with Gasteiger partial charge in [-0.25, -0.2) is 15.0 Å². The molecule has 9 heteroatoms. The number of nitrogens with zero attached hydrogens (tertiary/aromatic N) is 5. The highest BCUT2D eigenvalue weighted by Crippen LogP contribution is 2.48. The Morgan fingerprint density at radius 1 is 1.17 bits per heavy atom. The average Bonchev–Trinajstić information content (AvgIpc) is 3.45. The van der Waals surface area contributed by atoms with Gasteiger partial charge in [-0.2, -0.15) is 0 Å². The zero-order valence-corrected chi connectivity index (χ0v) is 16.3. The third kappa shape index (κ3) is 2.31. The number of nitrogens with two attached hydrogens (primary N) is 1. The van der Waals surface area contributed by atoms with Crippen LogP contribution in [0.5, 0.6) is 5.88 Å². The van der Waals surface area contributed by atoms with E-state index in [2.05, 4.69) is 20.1 Å². The van der Waals surface area contributed by atoms with Crippen LogP contribution in [0.25, 0.3) is 28.0 Å². The minimum absolute atomic E-state index is 0.0485. The summed E-state index contributed by atoms with van der Waals surface area (Å²) in [6.45, 7) is 0. The Labute approximate surface area is 170 Å². The van der Waals surface area contributed by atoms with Crippen molar-refractivity contribution in [2.75, 3.05) is 12.8 Å². The fourth-order valence-electron chi connectivity index (χ4n) is 4.30. The largest absolute Gasteiger partial charge is 0.481 e. The molecule has 4 heterocycles. The second-order valence-corrected chi connectivity index (χ2v) is 7.64. The Kier molecular flexibility index (Phi) is 3.50. The number of carbonyl (C=O) groups is 1. The van der Waals surface area contributed by atoms with E-state index in [1.807, 2.05) is 10.6 Å². The Hall–Kier alpha value is -3.75. The maximum atomic E-state index is 13.0. The van der Waals surface area contributed by atoms with Gasteiger partial charge < -0.3 is 15.0 Å². The molecule has 0 saturated heterocycles. The molecule has 0 radical (unpaired) electrons. The number of aromatic nitrogens is 5. The number of hydrogen-bond acceptors (Lipinski definition) is 8. The standard InChI is InChI=1S/C21H18N6O3/c1-29-14-7-4-11(8-23-14)27-12-5-6-13(28)16-18(26-30-19(16)10-2-3-10)15(12)17-20(22)24-9-25-21(17)27/h4,7-10H,2-3,5-6H2,1H3,(H2,22,24,25).